The Morgan fingerprint density at radius 3 is 2.59 bits per heavy atom. The Morgan fingerprint density at radius 1 is 1.10 bits per heavy atom. The highest BCUT2D eigenvalue weighted by molar-refractivity contribution is 6.07. The third kappa shape index (κ3) is 3.27. The lowest BCUT2D eigenvalue weighted by molar-refractivity contribution is 0.0696. The summed E-state index contributed by atoms with van der Waals surface area (Å²) in [5.74, 6) is -1.44. The molecular formula is C21H17N5O3. The summed E-state index contributed by atoms with van der Waals surface area (Å²) in [7, 11) is 0. The Kier molecular flexibility index (Phi) is 4.44. The quantitative estimate of drug-likeness (QED) is 0.494. The van der Waals surface area contributed by atoms with Gasteiger partial charge in [-0.25, -0.2) is 9.78 Å². The van der Waals surface area contributed by atoms with Gasteiger partial charge in [-0.15, -0.1) is 0 Å². The van der Waals surface area contributed by atoms with Crippen molar-refractivity contribution >= 4 is 29.0 Å². The lowest BCUT2D eigenvalue weighted by Crippen LogP contribution is -2.17. The number of nitrogens with one attached hydrogen (secondary N) is 1. The molecule has 0 aliphatic carbocycles. The van der Waals surface area contributed by atoms with E-state index in [9.17, 15) is 9.59 Å². The van der Waals surface area contributed by atoms with Crippen LogP contribution in [0.25, 0.3) is 16.9 Å². The second-order valence-corrected chi connectivity index (χ2v) is 6.47. The van der Waals surface area contributed by atoms with E-state index in [1.165, 1.54) is 22.8 Å². The maximum Gasteiger partial charge on any atom is 0.335 e. The second-order valence-electron chi connectivity index (χ2n) is 6.47. The molecule has 4 aromatic rings. The number of aromatic nitrogens is 3. The van der Waals surface area contributed by atoms with Crippen molar-refractivity contribution in [3.63, 3.8) is 0 Å². The van der Waals surface area contributed by atoms with Gasteiger partial charge in [-0.1, -0.05) is 36.4 Å². The third-order valence-corrected chi connectivity index (χ3v) is 4.57. The number of carbonyl (C=O) groups excluding carboxylic acids is 1. The second kappa shape index (κ2) is 7.08. The van der Waals surface area contributed by atoms with Crippen molar-refractivity contribution in [2.75, 3.05) is 11.1 Å². The minimum Gasteiger partial charge on any atom is -0.478 e. The highest BCUT2D eigenvalue weighted by Gasteiger charge is 2.19. The Hall–Kier alpha value is -4.20. The van der Waals surface area contributed by atoms with E-state index in [1.54, 1.807) is 12.1 Å². The van der Waals surface area contributed by atoms with E-state index in [0.29, 0.717) is 11.3 Å². The van der Waals surface area contributed by atoms with Gasteiger partial charge in [-0.2, -0.15) is 9.61 Å². The summed E-state index contributed by atoms with van der Waals surface area (Å²) in [6.07, 6.45) is 1.39. The first-order valence-electron chi connectivity index (χ1n) is 8.79. The van der Waals surface area contributed by atoms with Crippen molar-refractivity contribution in [2.24, 2.45) is 0 Å². The van der Waals surface area contributed by atoms with Crippen LogP contribution >= 0.6 is 0 Å². The molecule has 0 unspecified atom stereocenters. The first-order valence-corrected chi connectivity index (χ1v) is 8.79. The van der Waals surface area contributed by atoms with Gasteiger partial charge < -0.3 is 16.2 Å². The van der Waals surface area contributed by atoms with E-state index in [2.05, 4.69) is 15.4 Å². The number of carboxylic acids is 1. The fraction of sp³-hybridized carbons (Fsp3) is 0.0476. The summed E-state index contributed by atoms with van der Waals surface area (Å²) in [6.45, 7) is 1.90. The minimum absolute atomic E-state index is 0.0690. The van der Waals surface area contributed by atoms with Gasteiger partial charge in [0.1, 0.15) is 11.4 Å². The van der Waals surface area contributed by atoms with Crippen LogP contribution in [-0.4, -0.2) is 31.6 Å². The molecule has 1 amide bonds. The van der Waals surface area contributed by atoms with Crippen molar-refractivity contribution < 1.29 is 14.7 Å². The van der Waals surface area contributed by atoms with Crippen LogP contribution in [-0.2, 0) is 0 Å². The molecule has 0 aliphatic rings. The number of benzene rings is 2. The molecule has 8 nitrogen and oxygen atoms in total. The lowest BCUT2D eigenvalue weighted by atomic mass is 10.1. The zero-order valence-electron chi connectivity index (χ0n) is 15.5. The largest absolute Gasteiger partial charge is 0.478 e. The number of hydrogen-bond donors (Lipinski definition) is 3. The van der Waals surface area contributed by atoms with Crippen LogP contribution in [0.1, 0.15) is 26.3 Å². The number of carbonyl (C=O) groups is 2. The van der Waals surface area contributed by atoms with Gasteiger partial charge >= 0.3 is 5.97 Å². The van der Waals surface area contributed by atoms with Crippen LogP contribution in [0.4, 0.5) is 11.5 Å². The summed E-state index contributed by atoms with van der Waals surface area (Å²) >= 11 is 0. The number of nitrogens with two attached hydrogens (primary N) is 1. The maximum atomic E-state index is 12.7. The number of nitrogens with zero attached hydrogens (tertiary/aromatic N) is 3. The van der Waals surface area contributed by atoms with Gasteiger partial charge in [0.15, 0.2) is 5.65 Å². The SMILES string of the molecule is Cc1c(-c2ccccc2)nn2c(N)c(C(=O)Nc3cccc(C(=O)O)c3)cnc12. The zero-order valence-corrected chi connectivity index (χ0v) is 15.5. The molecule has 0 saturated carbocycles. The molecule has 8 heteroatoms. The summed E-state index contributed by atoms with van der Waals surface area (Å²) in [6, 6.07) is 15.6. The predicted octanol–water partition coefficient (Wildman–Crippen LogP) is 3.24. The van der Waals surface area contributed by atoms with Gasteiger partial charge in [0.2, 0.25) is 0 Å². The average molecular weight is 387 g/mol. The Bertz CT molecular complexity index is 1250. The fourth-order valence-corrected chi connectivity index (χ4v) is 3.09. The van der Waals surface area contributed by atoms with Gasteiger partial charge in [0, 0.05) is 23.0 Å². The molecular weight excluding hydrogens is 370 g/mol. The fourth-order valence-electron chi connectivity index (χ4n) is 3.09. The van der Waals surface area contributed by atoms with Crippen molar-refractivity contribution in [3.05, 3.63) is 77.5 Å². The minimum atomic E-state index is -1.08. The van der Waals surface area contributed by atoms with Crippen molar-refractivity contribution in [1.29, 1.82) is 0 Å². The Morgan fingerprint density at radius 2 is 1.86 bits per heavy atom. The van der Waals surface area contributed by atoms with Gasteiger partial charge in [0.25, 0.3) is 5.91 Å². The Balaban J connectivity index is 1.71. The smallest absolute Gasteiger partial charge is 0.335 e. The summed E-state index contributed by atoms with van der Waals surface area (Å²) in [4.78, 5) is 28.2. The van der Waals surface area contributed by atoms with Crippen molar-refractivity contribution in [3.8, 4) is 11.3 Å². The van der Waals surface area contributed by atoms with Gasteiger partial charge in [0.05, 0.1) is 11.3 Å². The number of aryl methyl sites for hydroxylation is 1. The third-order valence-electron chi connectivity index (χ3n) is 4.57. The number of aromatic carboxylic acids is 1. The van der Waals surface area contributed by atoms with Crippen LogP contribution in [0.2, 0.25) is 0 Å². The molecule has 0 aliphatic heterocycles. The zero-order chi connectivity index (χ0) is 20.5. The molecule has 0 fully saturated rings. The van der Waals surface area contributed by atoms with Crippen LogP contribution < -0.4 is 11.1 Å². The van der Waals surface area contributed by atoms with E-state index < -0.39 is 11.9 Å². The monoisotopic (exact) mass is 387 g/mol. The number of rotatable bonds is 4. The van der Waals surface area contributed by atoms with Crippen LogP contribution in [0, 0.1) is 6.92 Å². The van der Waals surface area contributed by atoms with E-state index >= 15 is 0 Å². The molecule has 144 valence electrons. The molecule has 0 bridgehead atoms. The summed E-state index contributed by atoms with van der Waals surface area (Å²) in [5.41, 5.74) is 9.84. The molecule has 0 spiro atoms. The molecule has 0 atom stereocenters. The molecule has 29 heavy (non-hydrogen) atoms. The molecule has 0 radical (unpaired) electrons. The number of fused-ring (bicyclic) bond motifs is 1. The molecule has 4 N–H and O–H groups in total. The van der Waals surface area contributed by atoms with Gasteiger partial charge in [-0.05, 0) is 25.1 Å². The first kappa shape index (κ1) is 18.2. The average Bonchev–Trinajstić information content (AvgIpc) is 3.06. The molecule has 2 aromatic carbocycles. The van der Waals surface area contributed by atoms with Crippen LogP contribution in [0.5, 0.6) is 0 Å². The lowest BCUT2D eigenvalue weighted by Gasteiger charge is -2.09. The van der Waals surface area contributed by atoms with E-state index in [-0.39, 0.29) is 16.9 Å². The van der Waals surface area contributed by atoms with Crippen LogP contribution in [0.15, 0.2) is 60.8 Å². The van der Waals surface area contributed by atoms with Gasteiger partial charge in [-0.3, -0.25) is 4.79 Å². The number of nitrogen functional groups attached to an aromatic ring is 1. The summed E-state index contributed by atoms with van der Waals surface area (Å²) < 4.78 is 1.44. The van der Waals surface area contributed by atoms with Crippen molar-refractivity contribution in [2.45, 2.75) is 6.92 Å². The molecule has 4 rings (SSSR count). The molecule has 0 saturated heterocycles. The number of amides is 1. The predicted molar refractivity (Wildman–Crippen MR) is 109 cm³/mol. The highest BCUT2D eigenvalue weighted by Crippen LogP contribution is 2.26. The molecule has 2 heterocycles. The maximum absolute atomic E-state index is 12.7. The first-order chi connectivity index (χ1) is 14.0. The van der Waals surface area contributed by atoms with Crippen LogP contribution in [0.3, 0.4) is 0 Å². The van der Waals surface area contributed by atoms with Crippen molar-refractivity contribution in [1.82, 2.24) is 14.6 Å². The highest BCUT2D eigenvalue weighted by atomic mass is 16.4. The number of anilines is 2. The Labute approximate surface area is 165 Å². The molecule has 2 aromatic heterocycles. The normalized spacial score (nSPS) is 10.8. The number of hydrogen-bond acceptors (Lipinski definition) is 5. The topological polar surface area (TPSA) is 123 Å². The summed E-state index contributed by atoms with van der Waals surface area (Å²) in [5, 5.41) is 16.3. The van der Waals surface area contributed by atoms with E-state index in [4.69, 9.17) is 10.8 Å². The van der Waals surface area contributed by atoms with E-state index in [1.807, 2.05) is 37.3 Å². The standard InChI is InChI=1S/C21H17N5O3/c1-12-17(13-6-3-2-4-7-13)25-26-18(22)16(11-23-19(12)26)20(27)24-15-9-5-8-14(10-15)21(28)29/h2-11H,22H2,1H3,(H,24,27)(H,28,29). The number of carboxylic acid groups (broad SMARTS) is 1. The van der Waals surface area contributed by atoms with E-state index in [0.717, 1.165) is 16.8 Å².